The quantitative estimate of drug-likeness (QED) is 0.840. The van der Waals surface area contributed by atoms with Crippen LogP contribution in [0.2, 0.25) is 5.02 Å². The second-order valence-electron chi connectivity index (χ2n) is 4.73. The van der Waals surface area contributed by atoms with Crippen LogP contribution >= 0.6 is 27.5 Å². The molecule has 0 amide bonds. The largest absolute Gasteiger partial charge is 0.468 e. The summed E-state index contributed by atoms with van der Waals surface area (Å²) < 4.78 is 5.87. The summed E-state index contributed by atoms with van der Waals surface area (Å²) in [6.45, 7) is 3.48. The first-order valence-corrected chi connectivity index (χ1v) is 7.78. The van der Waals surface area contributed by atoms with Crippen LogP contribution in [-0.2, 0) is 9.53 Å². The summed E-state index contributed by atoms with van der Waals surface area (Å²) in [5.74, 6) is -0.267. The zero-order valence-electron chi connectivity index (χ0n) is 11.4. The highest BCUT2D eigenvalue weighted by molar-refractivity contribution is 9.10. The summed E-state index contributed by atoms with van der Waals surface area (Å²) in [5.41, 5.74) is 0.795. The van der Waals surface area contributed by atoms with Gasteiger partial charge in [0, 0.05) is 29.1 Å². The van der Waals surface area contributed by atoms with Crippen LogP contribution in [0.15, 0.2) is 22.7 Å². The lowest BCUT2D eigenvalue weighted by molar-refractivity contribution is -0.147. The number of rotatable bonds is 3. The molecule has 6 heteroatoms. The van der Waals surface area contributed by atoms with Gasteiger partial charge in [0.25, 0.3) is 0 Å². The predicted octanol–water partition coefficient (Wildman–Crippen LogP) is 2.61. The Morgan fingerprint density at radius 2 is 2.25 bits per heavy atom. The fraction of sp³-hybridized carbons (Fsp3) is 0.500. The summed E-state index contributed by atoms with van der Waals surface area (Å²) in [5, 5.41) is 3.91. The molecule has 1 atom stereocenters. The molecule has 0 aliphatic carbocycles. The van der Waals surface area contributed by atoms with Crippen molar-refractivity contribution in [1.29, 1.82) is 0 Å². The van der Waals surface area contributed by atoms with Crippen molar-refractivity contribution < 1.29 is 9.53 Å². The van der Waals surface area contributed by atoms with Crippen LogP contribution < -0.4 is 5.32 Å². The highest BCUT2D eigenvalue weighted by Gasteiger charge is 2.30. The average Bonchev–Trinajstić information content (AvgIpc) is 2.70. The summed E-state index contributed by atoms with van der Waals surface area (Å²) in [6, 6.07) is 5.14. The Hall–Kier alpha value is -0.620. The van der Waals surface area contributed by atoms with Crippen molar-refractivity contribution >= 4 is 33.5 Å². The molecule has 1 unspecified atom stereocenters. The summed E-state index contributed by atoms with van der Waals surface area (Å²) in [4.78, 5) is 14.3. The molecule has 1 aliphatic rings. The minimum Gasteiger partial charge on any atom is -0.468 e. The number of hydrogen-bond acceptors (Lipinski definition) is 4. The zero-order valence-corrected chi connectivity index (χ0v) is 13.7. The Morgan fingerprint density at radius 1 is 1.45 bits per heavy atom. The van der Waals surface area contributed by atoms with Gasteiger partial charge >= 0.3 is 5.97 Å². The standard InChI is InChI=1S/C14H18BrClN2O2/c1-20-14(19)13(18-7-2-5-17-6-8-18)11-4-3-10(15)9-12(11)16/h3-4,9,13,17H,2,5-8H2,1H3. The van der Waals surface area contributed by atoms with E-state index in [9.17, 15) is 4.79 Å². The number of nitrogens with zero attached hydrogens (tertiary/aromatic N) is 1. The average molecular weight is 362 g/mol. The van der Waals surface area contributed by atoms with Crippen LogP contribution in [0.5, 0.6) is 0 Å². The fourth-order valence-electron chi connectivity index (χ4n) is 2.43. The van der Waals surface area contributed by atoms with E-state index in [4.69, 9.17) is 16.3 Å². The SMILES string of the molecule is COC(=O)C(c1ccc(Br)cc1Cl)N1CCCNCC1. The molecule has 110 valence electrons. The van der Waals surface area contributed by atoms with E-state index in [1.165, 1.54) is 7.11 Å². The Morgan fingerprint density at radius 3 is 2.95 bits per heavy atom. The zero-order chi connectivity index (χ0) is 14.5. The molecule has 4 nitrogen and oxygen atoms in total. The van der Waals surface area contributed by atoms with E-state index in [-0.39, 0.29) is 5.97 Å². The third kappa shape index (κ3) is 3.73. The first-order chi connectivity index (χ1) is 9.63. The number of hydrogen-bond donors (Lipinski definition) is 1. The number of benzene rings is 1. The normalized spacial score (nSPS) is 18.4. The molecule has 1 saturated heterocycles. The van der Waals surface area contributed by atoms with Gasteiger partial charge in [-0.05, 0) is 30.7 Å². The van der Waals surface area contributed by atoms with Gasteiger partial charge in [0.2, 0.25) is 0 Å². The van der Waals surface area contributed by atoms with Crippen molar-refractivity contribution in [2.75, 3.05) is 33.3 Å². The molecule has 1 aromatic carbocycles. The summed E-state index contributed by atoms with van der Waals surface area (Å²) in [7, 11) is 1.41. The third-order valence-corrected chi connectivity index (χ3v) is 4.24. The molecule has 1 aliphatic heterocycles. The maximum absolute atomic E-state index is 12.2. The minimum absolute atomic E-state index is 0.267. The number of halogens is 2. The van der Waals surface area contributed by atoms with Crippen LogP contribution in [0, 0.1) is 0 Å². The van der Waals surface area contributed by atoms with E-state index in [1.54, 1.807) is 0 Å². The second kappa shape index (κ2) is 7.41. The van der Waals surface area contributed by atoms with Gasteiger partial charge in [0.15, 0.2) is 0 Å². The molecule has 1 aromatic rings. The van der Waals surface area contributed by atoms with Crippen LogP contribution in [0.1, 0.15) is 18.0 Å². The maximum Gasteiger partial charge on any atom is 0.327 e. The van der Waals surface area contributed by atoms with Crippen molar-refractivity contribution in [2.24, 2.45) is 0 Å². The number of methoxy groups -OCH3 is 1. The van der Waals surface area contributed by atoms with E-state index in [0.717, 1.165) is 42.6 Å². The number of nitrogens with one attached hydrogen (secondary N) is 1. The van der Waals surface area contributed by atoms with E-state index in [0.29, 0.717) is 5.02 Å². The molecule has 20 heavy (non-hydrogen) atoms. The van der Waals surface area contributed by atoms with Gasteiger partial charge < -0.3 is 10.1 Å². The first-order valence-electron chi connectivity index (χ1n) is 6.61. The van der Waals surface area contributed by atoms with Crippen LogP contribution in [0.3, 0.4) is 0 Å². The van der Waals surface area contributed by atoms with Gasteiger partial charge in [0.1, 0.15) is 6.04 Å². The molecule has 2 rings (SSSR count). The smallest absolute Gasteiger partial charge is 0.327 e. The Kier molecular flexibility index (Phi) is 5.84. The van der Waals surface area contributed by atoms with E-state index >= 15 is 0 Å². The van der Waals surface area contributed by atoms with Crippen molar-refractivity contribution in [2.45, 2.75) is 12.5 Å². The minimum atomic E-state index is -0.444. The predicted molar refractivity (Wildman–Crippen MR) is 83.0 cm³/mol. The number of carbonyl (C=O) groups is 1. The van der Waals surface area contributed by atoms with Gasteiger partial charge in [-0.25, -0.2) is 4.79 Å². The molecule has 1 N–H and O–H groups in total. The lowest BCUT2D eigenvalue weighted by Crippen LogP contribution is -2.37. The van der Waals surface area contributed by atoms with E-state index in [2.05, 4.69) is 26.1 Å². The highest BCUT2D eigenvalue weighted by Crippen LogP contribution is 2.31. The maximum atomic E-state index is 12.2. The highest BCUT2D eigenvalue weighted by atomic mass is 79.9. The monoisotopic (exact) mass is 360 g/mol. The van der Waals surface area contributed by atoms with E-state index < -0.39 is 6.04 Å². The Bertz CT molecular complexity index is 476. The van der Waals surface area contributed by atoms with Crippen LogP contribution in [0.4, 0.5) is 0 Å². The number of esters is 1. The summed E-state index contributed by atoms with van der Waals surface area (Å²) in [6.07, 6.45) is 1.00. The summed E-state index contributed by atoms with van der Waals surface area (Å²) >= 11 is 9.69. The van der Waals surface area contributed by atoms with Gasteiger partial charge in [-0.3, -0.25) is 4.90 Å². The molecule has 1 fully saturated rings. The lowest BCUT2D eigenvalue weighted by Gasteiger charge is -2.29. The van der Waals surface area contributed by atoms with Crippen LogP contribution in [0.25, 0.3) is 0 Å². The molecular weight excluding hydrogens is 344 g/mol. The van der Waals surface area contributed by atoms with Gasteiger partial charge in [-0.2, -0.15) is 0 Å². The molecular formula is C14H18BrClN2O2. The lowest BCUT2D eigenvalue weighted by atomic mass is 10.0. The third-order valence-electron chi connectivity index (χ3n) is 3.42. The molecule has 0 aromatic heterocycles. The molecule has 0 radical (unpaired) electrons. The van der Waals surface area contributed by atoms with Gasteiger partial charge in [-0.15, -0.1) is 0 Å². The van der Waals surface area contributed by atoms with Gasteiger partial charge in [-0.1, -0.05) is 33.6 Å². The van der Waals surface area contributed by atoms with E-state index in [1.807, 2.05) is 18.2 Å². The topological polar surface area (TPSA) is 41.6 Å². The van der Waals surface area contributed by atoms with Gasteiger partial charge in [0.05, 0.1) is 7.11 Å². The Labute approximate surface area is 132 Å². The number of carbonyl (C=O) groups excluding carboxylic acids is 1. The fourth-order valence-corrected chi connectivity index (χ4v) is 3.21. The second-order valence-corrected chi connectivity index (χ2v) is 6.05. The molecule has 0 saturated carbocycles. The Balaban J connectivity index is 2.33. The first kappa shape index (κ1) is 15.8. The molecule has 0 spiro atoms. The number of ether oxygens (including phenoxy) is 1. The van der Waals surface area contributed by atoms with Crippen molar-refractivity contribution in [3.8, 4) is 0 Å². The van der Waals surface area contributed by atoms with Crippen molar-refractivity contribution in [1.82, 2.24) is 10.2 Å². The van der Waals surface area contributed by atoms with Crippen molar-refractivity contribution in [3.63, 3.8) is 0 Å². The van der Waals surface area contributed by atoms with Crippen LogP contribution in [-0.4, -0.2) is 44.2 Å². The molecule has 1 heterocycles. The van der Waals surface area contributed by atoms with Crippen molar-refractivity contribution in [3.05, 3.63) is 33.3 Å². The molecule has 0 bridgehead atoms.